The molecule has 3 aliphatic heterocycles. The van der Waals surface area contributed by atoms with Gasteiger partial charge in [-0.05, 0) is 94.9 Å². The van der Waals surface area contributed by atoms with Crippen LogP contribution in [0.3, 0.4) is 0 Å². The second-order valence-electron chi connectivity index (χ2n) is 13.3. The number of benzene rings is 5. The molecule has 3 N–H and O–H groups in total. The minimum atomic E-state index is -0.227. The van der Waals surface area contributed by atoms with Crippen LogP contribution in [0.2, 0.25) is 0 Å². The first-order valence-corrected chi connectivity index (χ1v) is 17.8. The molecule has 10 rings (SSSR count). The van der Waals surface area contributed by atoms with E-state index in [4.69, 9.17) is 9.72 Å². The first-order chi connectivity index (χ1) is 25.8. The molecule has 52 heavy (non-hydrogen) atoms. The summed E-state index contributed by atoms with van der Waals surface area (Å²) in [6.07, 6.45) is 12.4. The van der Waals surface area contributed by atoms with Gasteiger partial charge in [0.25, 0.3) is 0 Å². The van der Waals surface area contributed by atoms with Crippen LogP contribution in [0, 0.1) is 0 Å². The molecule has 1 unspecified atom stereocenters. The molecule has 5 aromatic carbocycles. The van der Waals surface area contributed by atoms with Gasteiger partial charge in [0, 0.05) is 35.3 Å². The largest absolute Gasteiger partial charge is 0.464 e. The number of pyridine rings is 1. The maximum absolute atomic E-state index is 6.63. The zero-order chi connectivity index (χ0) is 34.4. The normalized spacial score (nSPS) is 16.0. The van der Waals surface area contributed by atoms with Crippen molar-refractivity contribution < 1.29 is 4.74 Å². The number of para-hydroxylation sites is 1. The van der Waals surface area contributed by atoms with E-state index >= 15 is 0 Å². The molecule has 0 fully saturated rings. The third-order valence-electron chi connectivity index (χ3n) is 10.2. The van der Waals surface area contributed by atoms with Crippen LogP contribution in [0.1, 0.15) is 23.0 Å². The predicted octanol–water partition coefficient (Wildman–Crippen LogP) is 10.0. The van der Waals surface area contributed by atoms with E-state index in [2.05, 4.69) is 154 Å². The Labute approximate surface area is 302 Å². The number of anilines is 1. The average molecular weight is 674 g/mol. The van der Waals surface area contributed by atoms with Gasteiger partial charge in [-0.25, -0.2) is 4.98 Å². The van der Waals surface area contributed by atoms with Gasteiger partial charge in [0.05, 0.1) is 33.5 Å². The van der Waals surface area contributed by atoms with Crippen LogP contribution in [-0.4, -0.2) is 22.6 Å². The highest BCUT2D eigenvalue weighted by molar-refractivity contribution is 6.14. The highest BCUT2D eigenvalue weighted by Gasteiger charge is 2.28. The summed E-state index contributed by atoms with van der Waals surface area (Å²) >= 11 is 0. The van der Waals surface area contributed by atoms with Crippen LogP contribution in [0.5, 0.6) is 5.75 Å². The minimum absolute atomic E-state index is 0.227. The van der Waals surface area contributed by atoms with Crippen molar-refractivity contribution in [2.45, 2.75) is 6.23 Å². The van der Waals surface area contributed by atoms with Gasteiger partial charge in [-0.3, -0.25) is 0 Å². The lowest BCUT2D eigenvalue weighted by Gasteiger charge is -2.14. The monoisotopic (exact) mass is 673 g/mol. The standard InChI is InChI=1S/C46H35N5O/c1-2-6-35(7-3-1)46-50-39-18-19-43-44(45(39)52-46)38-8-4-5-9-42(38)51(43)37-16-14-33(15-17-37)40-28-36(29-41(49-40)34-22-26-48-27-23-34)31-12-10-30(11-13-31)32-20-24-47-25-21-32/h1-24,26,28-29,46-48,50H,25,27H2. The molecule has 3 aliphatic rings. The molecule has 0 radical (unpaired) electrons. The summed E-state index contributed by atoms with van der Waals surface area (Å²) in [5.41, 5.74) is 14.2. The molecular formula is C46H35N5O. The number of nitrogens with zero attached hydrogens (tertiary/aromatic N) is 2. The fraction of sp³-hybridized carbons (Fsp3) is 0.0652. The number of fused-ring (bicyclic) bond motifs is 5. The minimum Gasteiger partial charge on any atom is -0.464 e. The Balaban J connectivity index is 1.04. The van der Waals surface area contributed by atoms with Crippen LogP contribution < -0.4 is 20.7 Å². The van der Waals surface area contributed by atoms with Gasteiger partial charge < -0.3 is 25.3 Å². The molecule has 6 heteroatoms. The number of hydrogen-bond donors (Lipinski definition) is 3. The first kappa shape index (κ1) is 30.1. The zero-order valence-corrected chi connectivity index (χ0v) is 28.4. The highest BCUT2D eigenvalue weighted by atomic mass is 16.5. The van der Waals surface area contributed by atoms with E-state index in [-0.39, 0.29) is 6.23 Å². The Kier molecular flexibility index (Phi) is 7.24. The van der Waals surface area contributed by atoms with E-state index in [0.29, 0.717) is 0 Å². The van der Waals surface area contributed by atoms with E-state index in [0.717, 1.165) is 91.2 Å². The Morgan fingerprint density at radius 1 is 0.596 bits per heavy atom. The van der Waals surface area contributed by atoms with Gasteiger partial charge in [-0.2, -0.15) is 0 Å². The maximum Gasteiger partial charge on any atom is 0.196 e. The summed E-state index contributed by atoms with van der Waals surface area (Å²) in [5.74, 6) is 0.893. The summed E-state index contributed by atoms with van der Waals surface area (Å²) in [7, 11) is 0. The molecule has 5 heterocycles. The van der Waals surface area contributed by atoms with Gasteiger partial charge in [-0.1, -0.05) is 97.1 Å². The van der Waals surface area contributed by atoms with Crippen molar-refractivity contribution in [2.75, 3.05) is 18.4 Å². The Hall–Kier alpha value is -6.79. The van der Waals surface area contributed by atoms with Crippen LogP contribution in [-0.2, 0) is 0 Å². The Morgan fingerprint density at radius 2 is 1.29 bits per heavy atom. The molecule has 0 amide bonds. The van der Waals surface area contributed by atoms with Crippen LogP contribution in [0.4, 0.5) is 5.69 Å². The van der Waals surface area contributed by atoms with E-state index in [9.17, 15) is 0 Å². The van der Waals surface area contributed by atoms with Gasteiger partial charge in [-0.15, -0.1) is 0 Å². The summed E-state index contributed by atoms with van der Waals surface area (Å²) < 4.78 is 8.97. The van der Waals surface area contributed by atoms with Crippen molar-refractivity contribution >= 4 is 38.6 Å². The molecule has 7 aromatic rings. The molecular weight excluding hydrogens is 639 g/mol. The molecule has 0 aliphatic carbocycles. The number of nitrogens with one attached hydrogen (secondary N) is 3. The fourth-order valence-corrected chi connectivity index (χ4v) is 7.55. The molecule has 6 nitrogen and oxygen atoms in total. The maximum atomic E-state index is 6.63. The smallest absolute Gasteiger partial charge is 0.196 e. The second-order valence-corrected chi connectivity index (χ2v) is 13.3. The van der Waals surface area contributed by atoms with E-state index in [1.165, 1.54) is 11.1 Å². The molecule has 1 atom stereocenters. The topological polar surface area (TPSA) is 63.1 Å². The lowest BCUT2D eigenvalue weighted by molar-refractivity contribution is 0.263. The quantitative estimate of drug-likeness (QED) is 0.164. The van der Waals surface area contributed by atoms with Crippen molar-refractivity contribution in [3.05, 3.63) is 181 Å². The zero-order valence-electron chi connectivity index (χ0n) is 28.4. The SMILES string of the molecule is C1=CC(c2ccc(-c3cc(C4=CCNC=C4)nc(-c4ccc(-n5c6ccccc6c6c7c(ccc65)NC(c5ccccc5)O7)cc4)c3)cc2)=CCN1. The molecule has 0 saturated carbocycles. The number of aromatic nitrogens is 2. The number of hydrogen-bond acceptors (Lipinski definition) is 5. The molecule has 0 bridgehead atoms. The van der Waals surface area contributed by atoms with Gasteiger partial charge in [0.1, 0.15) is 0 Å². The van der Waals surface area contributed by atoms with Gasteiger partial charge >= 0.3 is 0 Å². The third kappa shape index (κ3) is 5.24. The number of rotatable bonds is 6. The first-order valence-electron chi connectivity index (χ1n) is 17.8. The number of allylic oxidation sites excluding steroid dienone is 4. The fourth-order valence-electron chi connectivity index (χ4n) is 7.55. The number of ether oxygens (including phenoxy) is 1. The van der Waals surface area contributed by atoms with Crippen LogP contribution in [0.15, 0.2) is 164 Å². The van der Waals surface area contributed by atoms with Crippen LogP contribution in [0.25, 0.3) is 61.0 Å². The molecule has 0 saturated heterocycles. The molecule has 250 valence electrons. The summed E-state index contributed by atoms with van der Waals surface area (Å²) in [4.78, 5) is 5.20. The number of dihydropyridines is 2. The summed E-state index contributed by atoms with van der Waals surface area (Å²) in [5, 5.41) is 12.4. The highest BCUT2D eigenvalue weighted by Crippen LogP contribution is 2.47. The lowest BCUT2D eigenvalue weighted by atomic mass is 9.97. The van der Waals surface area contributed by atoms with E-state index in [1.54, 1.807) is 0 Å². The molecule has 2 aromatic heterocycles. The van der Waals surface area contributed by atoms with Crippen molar-refractivity contribution in [2.24, 2.45) is 0 Å². The predicted molar refractivity (Wildman–Crippen MR) is 213 cm³/mol. The average Bonchev–Trinajstić information content (AvgIpc) is 3.82. The third-order valence-corrected chi connectivity index (χ3v) is 10.2. The second kappa shape index (κ2) is 12.5. The molecule has 0 spiro atoms. The summed E-state index contributed by atoms with van der Waals surface area (Å²) in [6, 6.07) is 45.3. The van der Waals surface area contributed by atoms with Crippen molar-refractivity contribution in [1.29, 1.82) is 0 Å². The Bertz CT molecular complexity index is 2610. The Morgan fingerprint density at radius 3 is 2.06 bits per heavy atom. The van der Waals surface area contributed by atoms with Crippen molar-refractivity contribution in [1.82, 2.24) is 20.2 Å². The van der Waals surface area contributed by atoms with E-state index in [1.807, 2.05) is 30.6 Å². The van der Waals surface area contributed by atoms with Crippen molar-refractivity contribution in [3.8, 4) is 33.8 Å². The van der Waals surface area contributed by atoms with Gasteiger partial charge in [0.15, 0.2) is 12.0 Å². The lowest BCUT2D eigenvalue weighted by Crippen LogP contribution is -2.09. The van der Waals surface area contributed by atoms with E-state index < -0.39 is 0 Å². The summed E-state index contributed by atoms with van der Waals surface area (Å²) in [6.45, 7) is 1.63. The van der Waals surface area contributed by atoms with Gasteiger partial charge in [0.2, 0.25) is 0 Å². The van der Waals surface area contributed by atoms with Crippen LogP contribution >= 0.6 is 0 Å². The van der Waals surface area contributed by atoms with Crippen molar-refractivity contribution in [3.63, 3.8) is 0 Å².